The van der Waals surface area contributed by atoms with E-state index in [1.165, 1.54) is 28.2 Å². The Morgan fingerprint density at radius 2 is 1.69 bits per heavy atom. The summed E-state index contributed by atoms with van der Waals surface area (Å²) in [6.45, 7) is 0.121. The van der Waals surface area contributed by atoms with Crippen molar-refractivity contribution < 1.29 is 37.3 Å². The van der Waals surface area contributed by atoms with Gasteiger partial charge in [0.1, 0.15) is 6.10 Å². The Kier molecular flexibility index (Phi) is 8.11. The third kappa shape index (κ3) is 6.71. The molecule has 0 bridgehead atoms. The second-order valence-corrected chi connectivity index (χ2v) is 10.4. The Bertz CT molecular complexity index is 1150. The summed E-state index contributed by atoms with van der Waals surface area (Å²) in [7, 11) is 0. The largest absolute Gasteiger partial charge is 0.416 e. The number of nitrogens with one attached hydrogen (secondary N) is 2. The molecular weight excluding hydrogens is 515 g/mol. The number of nitrogens with zero attached hydrogens (tertiary/aromatic N) is 1. The van der Waals surface area contributed by atoms with E-state index in [4.69, 9.17) is 9.47 Å². The first kappa shape index (κ1) is 27.4. The first-order valence-corrected chi connectivity index (χ1v) is 13.2. The van der Waals surface area contributed by atoms with Gasteiger partial charge in [0, 0.05) is 11.7 Å². The number of amides is 3. The lowest BCUT2D eigenvalue weighted by molar-refractivity contribution is -0.150. The number of carbonyl (C=O) groups excluding carboxylic acids is 2. The van der Waals surface area contributed by atoms with Crippen LogP contribution in [0, 0.1) is 0 Å². The summed E-state index contributed by atoms with van der Waals surface area (Å²) in [6, 6.07) is 11.4. The van der Waals surface area contributed by atoms with E-state index in [1.54, 1.807) is 0 Å². The summed E-state index contributed by atoms with van der Waals surface area (Å²) < 4.78 is 50.5. The van der Waals surface area contributed by atoms with Crippen LogP contribution in [-0.4, -0.2) is 72.1 Å². The Hall–Kier alpha value is -3.15. The number of carbonyl (C=O) groups is 2. The van der Waals surface area contributed by atoms with Gasteiger partial charge < -0.3 is 30.1 Å². The normalized spacial score (nSPS) is 25.7. The summed E-state index contributed by atoms with van der Waals surface area (Å²) >= 11 is 0. The maximum atomic E-state index is 13.2. The molecule has 0 spiro atoms. The minimum Gasteiger partial charge on any atom is -0.389 e. The highest BCUT2D eigenvalue weighted by Crippen LogP contribution is 2.31. The molecule has 0 saturated carbocycles. The molecule has 2 saturated heterocycles. The molecule has 0 unspecified atom stereocenters. The van der Waals surface area contributed by atoms with Crippen LogP contribution in [0.2, 0.25) is 0 Å². The highest BCUT2D eigenvalue weighted by molar-refractivity contribution is 5.89. The molecule has 3 N–H and O–H groups in total. The van der Waals surface area contributed by atoms with Crippen LogP contribution in [-0.2, 0) is 33.3 Å². The van der Waals surface area contributed by atoms with Gasteiger partial charge in [-0.15, -0.1) is 0 Å². The van der Waals surface area contributed by atoms with Crippen LogP contribution in [0.3, 0.4) is 0 Å². The summed E-state index contributed by atoms with van der Waals surface area (Å²) in [5.74, 6) is -0.0876. The van der Waals surface area contributed by atoms with E-state index in [9.17, 15) is 27.9 Å². The number of urea groups is 1. The zero-order valence-electron chi connectivity index (χ0n) is 21.3. The number of β-amino-alcohol motifs (C(OH)–C–C–N with tert-alkyl or cyclic N) is 1. The molecule has 2 aliphatic heterocycles. The Balaban J connectivity index is 1.18. The van der Waals surface area contributed by atoms with Gasteiger partial charge in [0.15, 0.2) is 0 Å². The molecule has 0 radical (unpaired) electrons. The summed E-state index contributed by atoms with van der Waals surface area (Å²) in [5.41, 5.74) is 1.90. The van der Waals surface area contributed by atoms with E-state index in [-0.39, 0.29) is 49.9 Å². The molecule has 2 aromatic rings. The van der Waals surface area contributed by atoms with Gasteiger partial charge in [-0.05, 0) is 61.1 Å². The van der Waals surface area contributed by atoms with E-state index >= 15 is 0 Å². The maximum Gasteiger partial charge on any atom is 0.416 e. The third-order valence-electron chi connectivity index (χ3n) is 7.53. The first-order chi connectivity index (χ1) is 18.7. The Morgan fingerprint density at radius 1 is 1.00 bits per heavy atom. The lowest BCUT2D eigenvalue weighted by Crippen LogP contribution is -2.58. The number of alkyl halides is 3. The third-order valence-corrected chi connectivity index (χ3v) is 7.53. The van der Waals surface area contributed by atoms with Crippen molar-refractivity contribution in [3.05, 3.63) is 65.2 Å². The van der Waals surface area contributed by atoms with E-state index in [2.05, 4.69) is 22.8 Å². The summed E-state index contributed by atoms with van der Waals surface area (Å²) in [4.78, 5) is 27.4. The number of fused-ring (bicyclic) bond motifs is 2. The van der Waals surface area contributed by atoms with Gasteiger partial charge in [-0.2, -0.15) is 13.2 Å². The number of rotatable bonds is 4. The molecule has 5 rings (SSSR count). The standard InChI is InChI=1S/C28H32F3N3O5/c29-28(30,31)19-5-7-20(8-6-19)33-27(37)34-14-22(35)15-38-16-25-24(34)10-9-23(39-25)13-26(36)32-21-11-17-3-1-2-4-18(17)12-21/h1-8,21-25,35H,9-16H2,(H,32,36)(H,33,37)/t22-,23+,24-,25+/m0/s1. The molecule has 1 aliphatic carbocycles. The van der Waals surface area contributed by atoms with E-state index in [1.807, 2.05) is 12.1 Å². The molecule has 0 aromatic heterocycles. The Labute approximate surface area is 224 Å². The number of halogens is 3. The van der Waals surface area contributed by atoms with Gasteiger partial charge in [0.2, 0.25) is 5.91 Å². The van der Waals surface area contributed by atoms with Crippen LogP contribution in [0.25, 0.3) is 0 Å². The number of aliphatic hydroxyl groups excluding tert-OH is 1. The predicted molar refractivity (Wildman–Crippen MR) is 136 cm³/mol. The summed E-state index contributed by atoms with van der Waals surface area (Å²) in [6.07, 6.45) is -3.42. The number of aliphatic hydroxyl groups is 1. The second kappa shape index (κ2) is 11.5. The van der Waals surface area contributed by atoms with Gasteiger partial charge in [0.05, 0.1) is 50.0 Å². The number of ether oxygens (including phenoxy) is 2. The van der Waals surface area contributed by atoms with Crippen LogP contribution >= 0.6 is 0 Å². The first-order valence-electron chi connectivity index (χ1n) is 13.2. The van der Waals surface area contributed by atoms with Crippen molar-refractivity contribution in [2.24, 2.45) is 0 Å². The predicted octanol–water partition coefficient (Wildman–Crippen LogP) is 3.52. The fraction of sp³-hybridized carbons (Fsp3) is 0.500. The van der Waals surface area contributed by atoms with Gasteiger partial charge in [-0.25, -0.2) is 4.79 Å². The fourth-order valence-electron chi connectivity index (χ4n) is 5.67. The molecule has 39 heavy (non-hydrogen) atoms. The van der Waals surface area contributed by atoms with Crippen molar-refractivity contribution in [1.29, 1.82) is 0 Å². The molecule has 2 fully saturated rings. The van der Waals surface area contributed by atoms with Crippen LogP contribution in [0.5, 0.6) is 0 Å². The number of hydrogen-bond acceptors (Lipinski definition) is 5. The monoisotopic (exact) mass is 547 g/mol. The zero-order valence-corrected chi connectivity index (χ0v) is 21.3. The van der Waals surface area contributed by atoms with Gasteiger partial charge >= 0.3 is 12.2 Å². The highest BCUT2D eigenvalue weighted by atomic mass is 19.4. The average molecular weight is 548 g/mol. The van der Waals surface area contributed by atoms with Crippen LogP contribution in [0.15, 0.2) is 48.5 Å². The molecule has 210 valence electrons. The fourth-order valence-corrected chi connectivity index (χ4v) is 5.67. The van der Waals surface area contributed by atoms with E-state index in [0.29, 0.717) is 12.8 Å². The molecular formula is C28H32F3N3O5. The van der Waals surface area contributed by atoms with E-state index in [0.717, 1.165) is 25.0 Å². The van der Waals surface area contributed by atoms with Gasteiger partial charge in [-0.1, -0.05) is 24.3 Å². The maximum absolute atomic E-state index is 13.2. The minimum absolute atomic E-state index is 0.00400. The molecule has 2 heterocycles. The SMILES string of the molecule is O=C(C[C@H]1CC[C@H]2[C@@H](COC[C@@H](O)CN2C(=O)Nc2ccc(C(F)(F)F)cc2)O1)NC1Cc2ccccc2C1. The number of anilines is 1. The molecule has 8 nitrogen and oxygen atoms in total. The topological polar surface area (TPSA) is 100 Å². The van der Waals surface area contributed by atoms with Crippen molar-refractivity contribution in [3.8, 4) is 0 Å². The van der Waals surface area contributed by atoms with Crippen molar-refractivity contribution in [3.63, 3.8) is 0 Å². The average Bonchev–Trinajstić information content (AvgIpc) is 3.28. The number of benzene rings is 2. The van der Waals surface area contributed by atoms with Crippen molar-refractivity contribution in [1.82, 2.24) is 10.2 Å². The van der Waals surface area contributed by atoms with Crippen LogP contribution in [0.4, 0.5) is 23.7 Å². The van der Waals surface area contributed by atoms with Crippen molar-refractivity contribution in [2.45, 2.75) is 68.7 Å². The van der Waals surface area contributed by atoms with Crippen molar-refractivity contribution >= 4 is 17.6 Å². The van der Waals surface area contributed by atoms with Gasteiger partial charge in [-0.3, -0.25) is 4.79 Å². The summed E-state index contributed by atoms with van der Waals surface area (Å²) in [5, 5.41) is 16.1. The highest BCUT2D eigenvalue weighted by Gasteiger charge is 2.40. The Morgan fingerprint density at radius 3 is 2.36 bits per heavy atom. The smallest absolute Gasteiger partial charge is 0.389 e. The quantitative estimate of drug-likeness (QED) is 0.544. The lowest BCUT2D eigenvalue weighted by Gasteiger charge is -2.44. The molecule has 4 atom stereocenters. The molecule has 11 heteroatoms. The number of hydrogen-bond donors (Lipinski definition) is 3. The van der Waals surface area contributed by atoms with Gasteiger partial charge in [0.25, 0.3) is 0 Å². The zero-order chi connectivity index (χ0) is 27.6. The lowest BCUT2D eigenvalue weighted by atomic mass is 9.95. The van der Waals surface area contributed by atoms with Crippen LogP contribution < -0.4 is 10.6 Å². The molecule has 2 aromatic carbocycles. The van der Waals surface area contributed by atoms with Crippen LogP contribution in [0.1, 0.15) is 36.0 Å². The van der Waals surface area contributed by atoms with E-state index < -0.39 is 36.0 Å². The van der Waals surface area contributed by atoms with Crippen molar-refractivity contribution in [2.75, 3.05) is 25.1 Å². The molecule has 3 amide bonds. The molecule has 3 aliphatic rings. The minimum atomic E-state index is -4.47. The second-order valence-electron chi connectivity index (χ2n) is 10.4.